The minimum Gasteiger partial charge on any atom is -0.308 e. The molecule has 0 N–H and O–H groups in total. The number of likely N-dealkylation sites (N-methyl/N-ethyl adjacent to an activating group) is 2. The van der Waals surface area contributed by atoms with E-state index in [-0.39, 0.29) is 17.1 Å². The summed E-state index contributed by atoms with van der Waals surface area (Å²) < 4.78 is 0. The molecule has 0 amide bonds. The predicted molar refractivity (Wildman–Crippen MR) is 199 cm³/mol. The van der Waals surface area contributed by atoms with Crippen molar-refractivity contribution in [3.8, 4) is 0 Å². The van der Waals surface area contributed by atoms with Crippen molar-refractivity contribution < 1.29 is 17.1 Å². The SMILES string of the molecule is C[C@@H]([C]1[CH][CH][CH][C]1P(c1ccccc1)c1ccccc1)N(C)CCN(C)C.[CH]1[CH][CH][C](P(c2ccccc2)c2ccccc2)[CH]1.[Fe]. The summed E-state index contributed by atoms with van der Waals surface area (Å²) in [7, 11) is 5.55. The van der Waals surface area contributed by atoms with Gasteiger partial charge in [-0.2, -0.15) is 0 Å². The van der Waals surface area contributed by atoms with Gasteiger partial charge in [-0.05, 0) is 110 Å². The Morgan fingerprint density at radius 1 is 0.500 bits per heavy atom. The topological polar surface area (TPSA) is 6.48 Å². The molecule has 0 aromatic heterocycles. The first-order chi connectivity index (χ1) is 22.0. The van der Waals surface area contributed by atoms with Crippen LogP contribution in [0.3, 0.4) is 0 Å². The van der Waals surface area contributed by atoms with E-state index in [1.165, 1.54) is 38.5 Å². The number of benzene rings is 4. The zero-order chi connectivity index (χ0) is 31.4. The normalized spacial score (nSPS) is 16.5. The molecular formula is C41H44FeN2P2. The van der Waals surface area contributed by atoms with E-state index in [2.05, 4.69) is 204 Å². The van der Waals surface area contributed by atoms with Crippen LogP contribution in [0.4, 0.5) is 0 Å². The summed E-state index contributed by atoms with van der Waals surface area (Å²) in [5, 5.41) is 5.64. The van der Waals surface area contributed by atoms with Gasteiger partial charge in [0, 0.05) is 53.4 Å². The van der Waals surface area contributed by atoms with E-state index in [1.54, 1.807) is 0 Å². The van der Waals surface area contributed by atoms with E-state index in [4.69, 9.17) is 0 Å². The molecule has 2 saturated carbocycles. The van der Waals surface area contributed by atoms with Crippen LogP contribution in [0.15, 0.2) is 121 Å². The fourth-order valence-electron chi connectivity index (χ4n) is 5.47. The van der Waals surface area contributed by atoms with Crippen LogP contribution in [0.5, 0.6) is 0 Å². The maximum atomic E-state index is 2.46. The summed E-state index contributed by atoms with van der Waals surface area (Å²) in [6.07, 6.45) is 15.6. The molecule has 0 unspecified atom stereocenters. The molecule has 46 heavy (non-hydrogen) atoms. The van der Waals surface area contributed by atoms with Gasteiger partial charge in [-0.3, -0.25) is 0 Å². The summed E-state index contributed by atoms with van der Waals surface area (Å²) in [5.41, 5.74) is 2.90. The molecule has 236 valence electrons. The van der Waals surface area contributed by atoms with Crippen LogP contribution < -0.4 is 21.2 Å². The van der Waals surface area contributed by atoms with Gasteiger partial charge < -0.3 is 9.80 Å². The Labute approximate surface area is 293 Å². The van der Waals surface area contributed by atoms with Gasteiger partial charge in [0.15, 0.2) is 0 Å². The molecule has 0 saturated heterocycles. The second-order valence-corrected chi connectivity index (χ2v) is 15.9. The monoisotopic (exact) mass is 682 g/mol. The van der Waals surface area contributed by atoms with Gasteiger partial charge in [-0.15, -0.1) is 0 Å². The van der Waals surface area contributed by atoms with Crippen LogP contribution >= 0.6 is 15.8 Å². The van der Waals surface area contributed by atoms with Gasteiger partial charge in [0.25, 0.3) is 0 Å². The standard InChI is InChI=1S/C24H30N2P.C17H14P.Fe/c1-20(26(4)19-18-25(2)3)23-16-11-17-24(23)27(21-12-7-5-8-13-21)22-14-9-6-10-15-22;1-3-9-15(10-4-1)18(17-13-7-8-14-17)16-11-5-2-6-12-16;/h5-17,20H,18-19H2,1-4H3;1-14H;/t20-;;/m0../s1. The molecule has 2 nitrogen and oxygen atoms in total. The molecule has 0 spiro atoms. The second-order valence-electron chi connectivity index (χ2n) is 11.5. The average Bonchev–Trinajstić information content (AvgIpc) is 3.79. The Morgan fingerprint density at radius 3 is 1.33 bits per heavy atom. The molecule has 4 aromatic carbocycles. The Morgan fingerprint density at radius 2 is 0.913 bits per heavy atom. The number of nitrogens with zero attached hydrogens (tertiary/aromatic N) is 2. The molecule has 0 bridgehead atoms. The van der Waals surface area contributed by atoms with Crippen LogP contribution in [0.25, 0.3) is 0 Å². The number of rotatable bonds is 11. The van der Waals surface area contributed by atoms with E-state index in [0.29, 0.717) is 6.04 Å². The van der Waals surface area contributed by atoms with Crippen molar-refractivity contribution in [3.63, 3.8) is 0 Å². The largest absolute Gasteiger partial charge is 0.308 e. The van der Waals surface area contributed by atoms with Gasteiger partial charge >= 0.3 is 0 Å². The first kappa shape index (κ1) is 37.0. The summed E-state index contributed by atoms with van der Waals surface area (Å²) >= 11 is 0. The Bertz CT molecular complexity index is 1290. The maximum absolute atomic E-state index is 2.46. The molecule has 0 aliphatic heterocycles. The minimum absolute atomic E-state index is 0. The first-order valence-corrected chi connectivity index (χ1v) is 18.3. The number of hydrogen-bond acceptors (Lipinski definition) is 2. The third-order valence-corrected chi connectivity index (χ3v) is 13.0. The van der Waals surface area contributed by atoms with Gasteiger partial charge in [-0.1, -0.05) is 121 Å². The molecule has 2 aliphatic carbocycles. The Balaban J connectivity index is 0.000000220. The molecule has 0 heterocycles. The molecule has 5 heteroatoms. The molecule has 4 aromatic rings. The molecule has 6 rings (SSSR count). The zero-order valence-corrected chi connectivity index (χ0v) is 30.1. The summed E-state index contributed by atoms with van der Waals surface area (Å²) in [6, 6.07) is 43.9. The van der Waals surface area contributed by atoms with E-state index in [1.807, 2.05) is 0 Å². The van der Waals surface area contributed by atoms with Crippen LogP contribution in [-0.2, 0) is 17.1 Å². The van der Waals surface area contributed by atoms with Crippen LogP contribution in [0, 0.1) is 62.2 Å². The third kappa shape index (κ3) is 10.1. The van der Waals surface area contributed by atoms with Crippen molar-refractivity contribution >= 4 is 37.1 Å². The summed E-state index contributed by atoms with van der Waals surface area (Å²) in [6.45, 7) is 4.47. The van der Waals surface area contributed by atoms with Crippen molar-refractivity contribution in [3.05, 3.63) is 184 Å². The maximum Gasteiger partial charge on any atom is 0.0211 e. The average molecular weight is 683 g/mol. The Hall–Kier alpha value is -1.82. The van der Waals surface area contributed by atoms with Crippen LogP contribution in [-0.4, -0.2) is 50.1 Å². The minimum atomic E-state index is -0.546. The zero-order valence-electron chi connectivity index (χ0n) is 27.2. The van der Waals surface area contributed by atoms with E-state index in [9.17, 15) is 0 Å². The fourth-order valence-corrected chi connectivity index (χ4v) is 10.3. The number of hydrogen-bond donors (Lipinski definition) is 0. The van der Waals surface area contributed by atoms with Crippen molar-refractivity contribution in [2.45, 2.75) is 13.0 Å². The third-order valence-electron chi connectivity index (χ3n) is 8.04. The molecule has 2 aliphatic rings. The van der Waals surface area contributed by atoms with E-state index in [0.717, 1.165) is 13.1 Å². The van der Waals surface area contributed by atoms with Crippen molar-refractivity contribution in [1.82, 2.24) is 9.80 Å². The molecule has 10 radical (unpaired) electrons. The summed E-state index contributed by atoms with van der Waals surface area (Å²) in [5.74, 6) is 1.45. The van der Waals surface area contributed by atoms with Crippen LogP contribution in [0.2, 0.25) is 0 Å². The van der Waals surface area contributed by atoms with Gasteiger partial charge in [0.1, 0.15) is 0 Å². The predicted octanol–water partition coefficient (Wildman–Crippen LogP) is 7.21. The van der Waals surface area contributed by atoms with Crippen molar-refractivity contribution in [1.29, 1.82) is 0 Å². The molecule has 1 atom stereocenters. The second kappa shape index (κ2) is 19.2. The first-order valence-electron chi connectivity index (χ1n) is 15.7. The van der Waals surface area contributed by atoms with Gasteiger partial charge in [0.05, 0.1) is 0 Å². The fraction of sp³-hybridized carbons (Fsp3) is 0.171. The summed E-state index contributed by atoms with van der Waals surface area (Å²) in [4.78, 5) is 4.71. The van der Waals surface area contributed by atoms with E-state index < -0.39 is 15.8 Å². The quantitative estimate of drug-likeness (QED) is 0.122. The van der Waals surface area contributed by atoms with Crippen molar-refractivity contribution in [2.24, 2.45) is 0 Å². The smallest absolute Gasteiger partial charge is 0.0211 e. The Kier molecular flexibility index (Phi) is 15.5. The van der Waals surface area contributed by atoms with Gasteiger partial charge in [-0.25, -0.2) is 0 Å². The molecular weight excluding hydrogens is 638 g/mol. The van der Waals surface area contributed by atoms with E-state index >= 15 is 0 Å². The van der Waals surface area contributed by atoms with Crippen LogP contribution in [0.1, 0.15) is 6.92 Å². The van der Waals surface area contributed by atoms with Gasteiger partial charge in [0.2, 0.25) is 0 Å². The molecule has 2 fully saturated rings. The van der Waals surface area contributed by atoms with Crippen molar-refractivity contribution in [2.75, 3.05) is 34.2 Å².